The van der Waals surface area contributed by atoms with Gasteiger partial charge in [-0.15, -0.1) is 0 Å². The normalized spacial score (nSPS) is 12.3. The molecule has 0 amide bonds. The van der Waals surface area contributed by atoms with Crippen LogP contribution in [0.2, 0.25) is 0 Å². The fourth-order valence-corrected chi connectivity index (χ4v) is 2.52. The molecule has 0 spiro atoms. The molecule has 3 aromatic rings. The Morgan fingerprint density at radius 2 is 1.91 bits per heavy atom. The highest BCUT2D eigenvalue weighted by Gasteiger charge is 2.13. The van der Waals surface area contributed by atoms with Gasteiger partial charge in [0.05, 0.1) is 6.10 Å². The van der Waals surface area contributed by atoms with Crippen molar-refractivity contribution in [1.82, 2.24) is 9.97 Å². The van der Waals surface area contributed by atoms with E-state index < -0.39 is 0 Å². The monoisotopic (exact) mass is 311 g/mol. The van der Waals surface area contributed by atoms with Gasteiger partial charge in [0.2, 0.25) is 0 Å². The molecule has 0 bridgehead atoms. The number of halogens is 1. The number of nitrogens with zero attached hydrogens (tertiary/aromatic N) is 2. The summed E-state index contributed by atoms with van der Waals surface area (Å²) >= 11 is 0. The molecule has 0 aliphatic rings. The first kappa shape index (κ1) is 15.4. The van der Waals surface area contributed by atoms with E-state index in [4.69, 9.17) is 4.74 Å². The molecule has 118 valence electrons. The summed E-state index contributed by atoms with van der Waals surface area (Å²) in [7, 11) is 0. The maximum atomic E-state index is 13.8. The summed E-state index contributed by atoms with van der Waals surface area (Å²) in [6.07, 6.45) is 1.27. The van der Waals surface area contributed by atoms with Crippen molar-refractivity contribution in [3.05, 3.63) is 66.2 Å². The van der Waals surface area contributed by atoms with Gasteiger partial charge in [0.15, 0.2) is 0 Å². The molecule has 0 fully saturated rings. The van der Waals surface area contributed by atoms with Gasteiger partial charge in [-0.3, -0.25) is 0 Å². The van der Waals surface area contributed by atoms with Crippen molar-refractivity contribution in [3.8, 4) is 0 Å². The van der Waals surface area contributed by atoms with Gasteiger partial charge in [-0.2, -0.15) is 0 Å². The lowest BCUT2D eigenvalue weighted by atomic mass is 10.1. The van der Waals surface area contributed by atoms with E-state index in [0.717, 1.165) is 5.56 Å². The predicted molar refractivity (Wildman–Crippen MR) is 88.8 cm³/mol. The zero-order chi connectivity index (χ0) is 16.1. The Kier molecular flexibility index (Phi) is 4.78. The van der Waals surface area contributed by atoms with E-state index in [1.165, 1.54) is 12.4 Å². The Morgan fingerprint density at radius 3 is 2.70 bits per heavy atom. The Morgan fingerprint density at radius 1 is 1.09 bits per heavy atom. The molecule has 0 saturated carbocycles. The van der Waals surface area contributed by atoms with Gasteiger partial charge in [0.25, 0.3) is 0 Å². The molecule has 0 aliphatic carbocycles. The standard InChI is InChI=1S/C18H18FN3O/c1-2-23-16(13-7-4-3-5-8-13)11-20-18-14-9-6-10-15(19)17(14)21-12-22-18/h3-10,12,16H,2,11H2,1H3,(H,20,21,22). The highest BCUT2D eigenvalue weighted by atomic mass is 19.1. The molecule has 1 heterocycles. The van der Waals surface area contributed by atoms with Crippen LogP contribution in [0.25, 0.3) is 10.9 Å². The molecule has 1 unspecified atom stereocenters. The average Bonchev–Trinajstić information content (AvgIpc) is 2.60. The molecule has 23 heavy (non-hydrogen) atoms. The number of para-hydroxylation sites is 1. The van der Waals surface area contributed by atoms with Crippen LogP contribution in [0.3, 0.4) is 0 Å². The van der Waals surface area contributed by atoms with Crippen LogP contribution in [-0.4, -0.2) is 23.1 Å². The molecule has 5 heteroatoms. The maximum absolute atomic E-state index is 13.8. The van der Waals surface area contributed by atoms with E-state index in [0.29, 0.717) is 29.9 Å². The highest BCUT2D eigenvalue weighted by molar-refractivity contribution is 5.89. The van der Waals surface area contributed by atoms with Crippen molar-refractivity contribution in [2.75, 3.05) is 18.5 Å². The van der Waals surface area contributed by atoms with Crippen LogP contribution in [0.4, 0.5) is 10.2 Å². The lowest BCUT2D eigenvalue weighted by molar-refractivity contribution is 0.0718. The van der Waals surface area contributed by atoms with Crippen molar-refractivity contribution in [1.29, 1.82) is 0 Å². The van der Waals surface area contributed by atoms with Gasteiger partial charge in [0, 0.05) is 18.5 Å². The van der Waals surface area contributed by atoms with E-state index >= 15 is 0 Å². The van der Waals surface area contributed by atoms with Crippen LogP contribution in [0.15, 0.2) is 54.9 Å². The first-order chi connectivity index (χ1) is 11.3. The molecular weight excluding hydrogens is 293 g/mol. The van der Waals surface area contributed by atoms with Crippen molar-refractivity contribution in [2.45, 2.75) is 13.0 Å². The molecule has 1 N–H and O–H groups in total. The summed E-state index contributed by atoms with van der Waals surface area (Å²) in [6, 6.07) is 14.8. The molecule has 0 radical (unpaired) electrons. The van der Waals surface area contributed by atoms with Gasteiger partial charge < -0.3 is 10.1 Å². The Bertz CT molecular complexity index is 780. The molecule has 3 rings (SSSR count). The molecule has 1 atom stereocenters. The SMILES string of the molecule is CCOC(CNc1ncnc2c(F)cccc12)c1ccccc1. The highest BCUT2D eigenvalue weighted by Crippen LogP contribution is 2.23. The summed E-state index contributed by atoms with van der Waals surface area (Å²) < 4.78 is 19.6. The molecule has 2 aromatic carbocycles. The smallest absolute Gasteiger partial charge is 0.149 e. The van der Waals surface area contributed by atoms with Crippen LogP contribution in [0.5, 0.6) is 0 Å². The average molecular weight is 311 g/mol. The first-order valence-corrected chi connectivity index (χ1v) is 7.59. The molecule has 0 aliphatic heterocycles. The Labute approximate surface area is 134 Å². The number of nitrogens with one attached hydrogen (secondary N) is 1. The predicted octanol–water partition coefficient (Wildman–Crippen LogP) is 3.96. The van der Waals surface area contributed by atoms with Crippen molar-refractivity contribution < 1.29 is 9.13 Å². The van der Waals surface area contributed by atoms with Gasteiger partial charge in [-0.05, 0) is 24.6 Å². The minimum absolute atomic E-state index is 0.0974. The third-order valence-corrected chi connectivity index (χ3v) is 3.61. The Balaban J connectivity index is 1.83. The van der Waals surface area contributed by atoms with E-state index in [1.54, 1.807) is 12.1 Å². The van der Waals surface area contributed by atoms with Crippen molar-refractivity contribution >= 4 is 16.7 Å². The van der Waals surface area contributed by atoms with Gasteiger partial charge in [0.1, 0.15) is 23.5 Å². The summed E-state index contributed by atoms with van der Waals surface area (Å²) in [5.41, 5.74) is 1.41. The molecule has 1 aromatic heterocycles. The number of hydrogen-bond acceptors (Lipinski definition) is 4. The van der Waals surface area contributed by atoms with E-state index in [1.807, 2.05) is 37.3 Å². The zero-order valence-corrected chi connectivity index (χ0v) is 12.9. The lowest BCUT2D eigenvalue weighted by Crippen LogP contribution is -2.16. The minimum Gasteiger partial charge on any atom is -0.372 e. The van der Waals surface area contributed by atoms with E-state index in [9.17, 15) is 4.39 Å². The second kappa shape index (κ2) is 7.15. The summed E-state index contributed by atoms with van der Waals surface area (Å²) in [6.45, 7) is 3.12. The first-order valence-electron chi connectivity index (χ1n) is 7.59. The van der Waals surface area contributed by atoms with Crippen LogP contribution in [-0.2, 0) is 4.74 Å². The maximum Gasteiger partial charge on any atom is 0.149 e. The number of aromatic nitrogens is 2. The summed E-state index contributed by atoms with van der Waals surface area (Å²) in [5.74, 6) is 0.257. The third kappa shape index (κ3) is 3.46. The summed E-state index contributed by atoms with van der Waals surface area (Å²) in [5, 5.41) is 3.92. The largest absolute Gasteiger partial charge is 0.372 e. The number of ether oxygens (including phenoxy) is 1. The fraction of sp³-hybridized carbons (Fsp3) is 0.222. The second-order valence-electron chi connectivity index (χ2n) is 5.09. The van der Waals surface area contributed by atoms with Gasteiger partial charge in [-0.1, -0.05) is 36.4 Å². The zero-order valence-electron chi connectivity index (χ0n) is 12.9. The van der Waals surface area contributed by atoms with E-state index in [2.05, 4.69) is 15.3 Å². The second-order valence-corrected chi connectivity index (χ2v) is 5.09. The Hall–Kier alpha value is -2.53. The third-order valence-electron chi connectivity index (χ3n) is 3.61. The van der Waals surface area contributed by atoms with Crippen LogP contribution in [0.1, 0.15) is 18.6 Å². The number of fused-ring (bicyclic) bond motifs is 1. The van der Waals surface area contributed by atoms with Crippen LogP contribution >= 0.6 is 0 Å². The quantitative estimate of drug-likeness (QED) is 0.748. The number of anilines is 1. The molecular formula is C18H18FN3O. The minimum atomic E-state index is -0.350. The number of hydrogen-bond donors (Lipinski definition) is 1. The fourth-order valence-electron chi connectivity index (χ4n) is 2.52. The lowest BCUT2D eigenvalue weighted by Gasteiger charge is -2.19. The topological polar surface area (TPSA) is 47.0 Å². The molecule has 0 saturated heterocycles. The molecule has 4 nitrogen and oxygen atoms in total. The number of rotatable bonds is 6. The van der Waals surface area contributed by atoms with Gasteiger partial charge >= 0.3 is 0 Å². The van der Waals surface area contributed by atoms with Crippen molar-refractivity contribution in [2.24, 2.45) is 0 Å². The van der Waals surface area contributed by atoms with Crippen molar-refractivity contribution in [3.63, 3.8) is 0 Å². The van der Waals surface area contributed by atoms with Crippen LogP contribution in [0, 0.1) is 5.82 Å². The van der Waals surface area contributed by atoms with Crippen LogP contribution < -0.4 is 5.32 Å². The summed E-state index contributed by atoms with van der Waals surface area (Å²) in [4.78, 5) is 8.23. The number of benzene rings is 2. The van der Waals surface area contributed by atoms with Gasteiger partial charge in [-0.25, -0.2) is 14.4 Å². The van der Waals surface area contributed by atoms with E-state index in [-0.39, 0.29) is 11.9 Å².